The minimum Gasteiger partial charge on any atom is -0.486 e. The second-order valence-electron chi connectivity index (χ2n) is 6.40. The Labute approximate surface area is 121 Å². The molecule has 1 saturated carbocycles. The van der Waals surface area contributed by atoms with E-state index in [0.29, 0.717) is 19.1 Å². The Balaban J connectivity index is 2.15. The number of nitrogens with two attached hydrogens (primary N) is 1. The van der Waals surface area contributed by atoms with E-state index >= 15 is 0 Å². The molecule has 2 aliphatic rings. The zero-order valence-corrected chi connectivity index (χ0v) is 12.6. The molecule has 0 unspecified atom stereocenters. The Hall–Kier alpha value is -1.22. The molecule has 1 aliphatic heterocycles. The van der Waals surface area contributed by atoms with E-state index in [1.807, 2.05) is 0 Å². The summed E-state index contributed by atoms with van der Waals surface area (Å²) in [4.78, 5) is 0. The van der Waals surface area contributed by atoms with Crippen molar-refractivity contribution < 1.29 is 9.47 Å². The van der Waals surface area contributed by atoms with E-state index in [2.05, 4.69) is 26.0 Å². The Bertz CT molecular complexity index is 490. The highest BCUT2D eigenvalue weighted by atomic mass is 16.6. The van der Waals surface area contributed by atoms with E-state index in [-0.39, 0.29) is 5.41 Å². The van der Waals surface area contributed by atoms with Crippen molar-refractivity contribution in [3.8, 4) is 11.5 Å². The first-order valence-electron chi connectivity index (χ1n) is 7.81. The molecule has 1 aliphatic carbocycles. The van der Waals surface area contributed by atoms with E-state index in [0.717, 1.165) is 18.0 Å². The third-order valence-corrected chi connectivity index (χ3v) is 4.85. The fourth-order valence-electron chi connectivity index (χ4n) is 3.81. The van der Waals surface area contributed by atoms with Crippen molar-refractivity contribution in [2.24, 2.45) is 5.73 Å². The highest BCUT2D eigenvalue weighted by Gasteiger charge is 2.38. The van der Waals surface area contributed by atoms with Crippen LogP contribution in [0.1, 0.15) is 56.6 Å². The average molecular weight is 275 g/mol. The quantitative estimate of drug-likeness (QED) is 0.920. The minimum absolute atomic E-state index is 0.148. The molecule has 1 aromatic carbocycles. The molecule has 0 radical (unpaired) electrons. The van der Waals surface area contributed by atoms with Crippen molar-refractivity contribution in [1.82, 2.24) is 0 Å². The predicted molar refractivity (Wildman–Crippen MR) is 80.7 cm³/mol. The number of ether oxygens (including phenoxy) is 2. The fraction of sp³-hybridized carbons (Fsp3) is 0.647. The molecule has 3 nitrogen and oxygen atoms in total. The van der Waals surface area contributed by atoms with E-state index in [9.17, 15) is 0 Å². The van der Waals surface area contributed by atoms with E-state index in [1.54, 1.807) is 0 Å². The van der Waals surface area contributed by atoms with Crippen LogP contribution in [0.3, 0.4) is 0 Å². The first-order chi connectivity index (χ1) is 9.68. The summed E-state index contributed by atoms with van der Waals surface area (Å²) >= 11 is 0. The number of hydrogen-bond donors (Lipinski definition) is 1. The van der Waals surface area contributed by atoms with E-state index < -0.39 is 0 Å². The molecule has 2 N–H and O–H groups in total. The summed E-state index contributed by atoms with van der Waals surface area (Å²) in [5.74, 6) is 2.28. The lowest BCUT2D eigenvalue weighted by Crippen LogP contribution is -2.34. The van der Waals surface area contributed by atoms with Crippen molar-refractivity contribution in [2.45, 2.75) is 50.9 Å². The van der Waals surface area contributed by atoms with Gasteiger partial charge in [-0.25, -0.2) is 0 Å². The van der Waals surface area contributed by atoms with Gasteiger partial charge in [-0.1, -0.05) is 32.8 Å². The topological polar surface area (TPSA) is 44.5 Å². The SMILES string of the molecule is CC(C)c1c(C2(CN)CCCC2)ccc2c1OCCO2. The van der Waals surface area contributed by atoms with Gasteiger partial charge in [0.2, 0.25) is 0 Å². The van der Waals surface area contributed by atoms with Gasteiger partial charge in [0.05, 0.1) is 0 Å². The van der Waals surface area contributed by atoms with Crippen LogP contribution in [0, 0.1) is 0 Å². The van der Waals surface area contributed by atoms with Gasteiger partial charge < -0.3 is 15.2 Å². The van der Waals surface area contributed by atoms with Gasteiger partial charge in [-0.2, -0.15) is 0 Å². The summed E-state index contributed by atoms with van der Waals surface area (Å²) in [6, 6.07) is 4.31. The van der Waals surface area contributed by atoms with Gasteiger partial charge in [0.1, 0.15) is 13.2 Å². The molecule has 3 rings (SSSR count). The standard InChI is InChI=1S/C17H25NO2/c1-12(2)15-13(17(11-18)7-3-4-8-17)5-6-14-16(15)20-10-9-19-14/h5-6,12H,3-4,7-11,18H2,1-2H3. The molecule has 3 heteroatoms. The summed E-state index contributed by atoms with van der Waals surface area (Å²) < 4.78 is 11.7. The Kier molecular flexibility index (Phi) is 3.63. The molecule has 0 saturated heterocycles. The molecule has 0 spiro atoms. The number of rotatable bonds is 3. The monoisotopic (exact) mass is 275 g/mol. The van der Waals surface area contributed by atoms with E-state index in [4.69, 9.17) is 15.2 Å². The average Bonchev–Trinajstić information content (AvgIpc) is 2.95. The molecule has 1 fully saturated rings. The Morgan fingerprint density at radius 2 is 1.85 bits per heavy atom. The second-order valence-corrected chi connectivity index (χ2v) is 6.40. The largest absolute Gasteiger partial charge is 0.486 e. The van der Waals surface area contributed by atoms with E-state index in [1.165, 1.54) is 36.8 Å². The van der Waals surface area contributed by atoms with Gasteiger partial charge in [-0.15, -0.1) is 0 Å². The van der Waals surface area contributed by atoms with Crippen LogP contribution in [0.4, 0.5) is 0 Å². The number of benzene rings is 1. The lowest BCUT2D eigenvalue weighted by atomic mass is 9.74. The zero-order valence-electron chi connectivity index (χ0n) is 12.6. The van der Waals surface area contributed by atoms with Gasteiger partial charge in [-0.3, -0.25) is 0 Å². The van der Waals surface area contributed by atoms with Crippen LogP contribution in [0.25, 0.3) is 0 Å². The Morgan fingerprint density at radius 1 is 1.15 bits per heavy atom. The molecule has 0 aromatic heterocycles. The normalized spacial score (nSPS) is 20.4. The van der Waals surface area contributed by atoms with Crippen LogP contribution in [-0.4, -0.2) is 19.8 Å². The molecular weight excluding hydrogens is 250 g/mol. The van der Waals surface area contributed by atoms with Crippen LogP contribution in [0.2, 0.25) is 0 Å². The summed E-state index contributed by atoms with van der Waals surface area (Å²) in [6.07, 6.45) is 4.96. The van der Waals surface area contributed by atoms with Crippen molar-refractivity contribution in [3.63, 3.8) is 0 Å². The second kappa shape index (κ2) is 5.28. The maximum Gasteiger partial charge on any atom is 0.165 e. The predicted octanol–water partition coefficient (Wildman–Crippen LogP) is 3.35. The minimum atomic E-state index is 0.148. The molecule has 1 aromatic rings. The van der Waals surface area contributed by atoms with Gasteiger partial charge in [0.25, 0.3) is 0 Å². The first-order valence-corrected chi connectivity index (χ1v) is 7.81. The van der Waals surface area contributed by atoms with Gasteiger partial charge >= 0.3 is 0 Å². The van der Waals surface area contributed by atoms with Gasteiger partial charge in [0, 0.05) is 17.5 Å². The highest BCUT2D eigenvalue weighted by Crippen LogP contribution is 2.48. The van der Waals surface area contributed by atoms with Crippen LogP contribution in [0.15, 0.2) is 12.1 Å². The van der Waals surface area contributed by atoms with Crippen LogP contribution >= 0.6 is 0 Å². The maximum absolute atomic E-state index is 6.17. The highest BCUT2D eigenvalue weighted by molar-refractivity contribution is 5.55. The summed E-state index contributed by atoms with van der Waals surface area (Å²) in [5, 5.41) is 0. The maximum atomic E-state index is 6.17. The smallest absolute Gasteiger partial charge is 0.165 e. The molecule has 1 heterocycles. The molecule has 0 atom stereocenters. The number of fused-ring (bicyclic) bond motifs is 1. The van der Waals surface area contributed by atoms with Crippen LogP contribution in [0.5, 0.6) is 11.5 Å². The summed E-state index contributed by atoms with van der Waals surface area (Å²) in [7, 11) is 0. The van der Waals surface area contributed by atoms with Crippen LogP contribution < -0.4 is 15.2 Å². The third kappa shape index (κ3) is 2.08. The van der Waals surface area contributed by atoms with Crippen molar-refractivity contribution in [2.75, 3.05) is 19.8 Å². The molecule has 0 bridgehead atoms. The zero-order chi connectivity index (χ0) is 14.2. The lowest BCUT2D eigenvalue weighted by molar-refractivity contribution is 0.168. The third-order valence-electron chi connectivity index (χ3n) is 4.85. The van der Waals surface area contributed by atoms with Crippen LogP contribution in [-0.2, 0) is 5.41 Å². The van der Waals surface area contributed by atoms with Gasteiger partial charge in [0.15, 0.2) is 11.5 Å². The fourth-order valence-corrected chi connectivity index (χ4v) is 3.81. The van der Waals surface area contributed by atoms with Gasteiger partial charge in [-0.05, 0) is 30.4 Å². The summed E-state index contributed by atoms with van der Waals surface area (Å²) in [5.41, 5.74) is 9.04. The molecular formula is C17H25NO2. The molecule has 0 amide bonds. The first kappa shape index (κ1) is 13.7. The summed E-state index contributed by atoms with van der Waals surface area (Å²) in [6.45, 7) is 6.48. The number of hydrogen-bond acceptors (Lipinski definition) is 3. The molecule has 110 valence electrons. The van der Waals surface area contributed by atoms with Crippen molar-refractivity contribution >= 4 is 0 Å². The van der Waals surface area contributed by atoms with Crippen molar-refractivity contribution in [1.29, 1.82) is 0 Å². The lowest BCUT2D eigenvalue weighted by Gasteiger charge is -2.34. The van der Waals surface area contributed by atoms with Crippen molar-refractivity contribution in [3.05, 3.63) is 23.3 Å². The Morgan fingerprint density at radius 3 is 2.50 bits per heavy atom. The molecule has 20 heavy (non-hydrogen) atoms.